The molecule has 2 N–H and O–H groups in total. The number of esters is 1. The van der Waals surface area contributed by atoms with Crippen molar-refractivity contribution in [3.8, 4) is 5.75 Å². The monoisotopic (exact) mass is 426 g/mol. The molecule has 156 valence electrons. The summed E-state index contributed by atoms with van der Waals surface area (Å²) in [6.07, 6.45) is 0.553. The van der Waals surface area contributed by atoms with Crippen LogP contribution >= 0.6 is 11.6 Å². The molecule has 2 aromatic carbocycles. The number of ketones is 1. The molecule has 7 heteroatoms. The fourth-order valence-corrected chi connectivity index (χ4v) is 4.51. The summed E-state index contributed by atoms with van der Waals surface area (Å²) in [7, 11) is 2.87. The number of hydrogen-bond donors (Lipinski definition) is 2. The Balaban J connectivity index is 1.87. The molecule has 3 atom stereocenters. The first-order chi connectivity index (χ1) is 14.4. The third-order valence-corrected chi connectivity index (χ3v) is 6.03. The Morgan fingerprint density at radius 2 is 1.87 bits per heavy atom. The van der Waals surface area contributed by atoms with Gasteiger partial charge in [-0.3, -0.25) is 9.59 Å². The smallest absolute Gasteiger partial charge is 0.316 e. The van der Waals surface area contributed by atoms with Crippen LogP contribution in [0.2, 0.25) is 5.02 Å². The first-order valence-corrected chi connectivity index (χ1v) is 10.1. The number of allylic oxidation sites excluding steroid dienone is 1. The summed E-state index contributed by atoms with van der Waals surface area (Å²) in [6.45, 7) is 1.90. The maximum Gasteiger partial charge on any atom is 0.316 e. The third-order valence-electron chi connectivity index (χ3n) is 5.73. The molecule has 6 nitrogen and oxygen atoms in total. The molecule has 0 aromatic heterocycles. The van der Waals surface area contributed by atoms with Crippen molar-refractivity contribution in [1.82, 2.24) is 0 Å². The number of carbonyl (C=O) groups excluding carboxylic acids is 2. The summed E-state index contributed by atoms with van der Waals surface area (Å²) in [5.74, 6) is -1.21. The van der Waals surface area contributed by atoms with Crippen molar-refractivity contribution in [3.63, 3.8) is 0 Å². The maximum atomic E-state index is 13.6. The fourth-order valence-electron chi connectivity index (χ4n) is 4.25. The Kier molecular flexibility index (Phi) is 5.43. The zero-order chi connectivity index (χ0) is 21.4. The van der Waals surface area contributed by atoms with Crippen molar-refractivity contribution in [1.29, 1.82) is 0 Å². The average molecular weight is 427 g/mol. The number of methoxy groups -OCH3 is 2. The normalized spacial score (nSPS) is 22.8. The molecular weight excluding hydrogens is 404 g/mol. The quantitative estimate of drug-likeness (QED) is 0.552. The summed E-state index contributed by atoms with van der Waals surface area (Å²) in [6, 6.07) is 12.7. The molecule has 0 saturated heterocycles. The van der Waals surface area contributed by atoms with Gasteiger partial charge in [0.25, 0.3) is 0 Å². The number of fused-ring (bicyclic) bond motifs is 1. The molecule has 0 amide bonds. The Morgan fingerprint density at radius 3 is 2.53 bits per heavy atom. The first kappa shape index (κ1) is 20.3. The third kappa shape index (κ3) is 3.41. The number of hydrogen-bond acceptors (Lipinski definition) is 6. The molecular formula is C23H23ClN2O4. The number of carbonyl (C=O) groups is 2. The highest BCUT2D eigenvalue weighted by atomic mass is 35.5. The number of halogens is 1. The lowest BCUT2D eigenvalue weighted by Crippen LogP contribution is -2.39. The average Bonchev–Trinajstić information content (AvgIpc) is 2.90. The van der Waals surface area contributed by atoms with Gasteiger partial charge in [-0.15, -0.1) is 0 Å². The van der Waals surface area contributed by atoms with Crippen LogP contribution in [-0.4, -0.2) is 26.0 Å². The van der Waals surface area contributed by atoms with Gasteiger partial charge < -0.3 is 20.1 Å². The minimum absolute atomic E-state index is 0.179. The van der Waals surface area contributed by atoms with E-state index < -0.39 is 17.9 Å². The van der Waals surface area contributed by atoms with E-state index in [2.05, 4.69) is 10.6 Å². The van der Waals surface area contributed by atoms with Crippen LogP contribution in [-0.2, 0) is 14.3 Å². The van der Waals surface area contributed by atoms with Crippen LogP contribution in [0.4, 0.5) is 11.4 Å². The van der Waals surface area contributed by atoms with E-state index in [-0.39, 0.29) is 11.7 Å². The van der Waals surface area contributed by atoms with E-state index in [1.54, 1.807) is 19.2 Å². The van der Waals surface area contributed by atoms with Gasteiger partial charge in [0.05, 0.1) is 36.7 Å². The number of anilines is 2. The second kappa shape index (κ2) is 8.03. The van der Waals surface area contributed by atoms with Gasteiger partial charge in [0, 0.05) is 11.3 Å². The molecule has 0 spiro atoms. The van der Waals surface area contributed by atoms with Crippen molar-refractivity contribution in [2.24, 2.45) is 11.8 Å². The Hall–Kier alpha value is -2.99. The number of nitrogens with one attached hydrogen (secondary N) is 2. The van der Waals surface area contributed by atoms with Crippen LogP contribution in [0.1, 0.15) is 24.9 Å². The predicted molar refractivity (Wildman–Crippen MR) is 116 cm³/mol. The van der Waals surface area contributed by atoms with Crippen LogP contribution < -0.4 is 15.4 Å². The maximum absolute atomic E-state index is 13.6. The summed E-state index contributed by atoms with van der Waals surface area (Å²) < 4.78 is 10.2. The highest BCUT2D eigenvalue weighted by Gasteiger charge is 2.44. The van der Waals surface area contributed by atoms with Crippen molar-refractivity contribution < 1.29 is 19.1 Å². The standard InChI is InChI=1S/C23H23ClN2O4/c1-12-10-17-20(22(27)19(12)23(28)30-3)21(13-8-9-18(29-2)14(24)11-13)26-16-7-5-4-6-15(16)25-17/h4-9,11-12,19,21,25-26H,10H2,1-3H3/t12-,19-,21-/m0/s1. The van der Waals surface area contributed by atoms with Gasteiger partial charge in [-0.2, -0.15) is 0 Å². The summed E-state index contributed by atoms with van der Waals surface area (Å²) in [5.41, 5.74) is 3.88. The van der Waals surface area contributed by atoms with Crippen LogP contribution in [0.25, 0.3) is 0 Å². The SMILES string of the molecule is COC(=O)[C@@H]1C(=O)C2=C(C[C@@H]1C)Nc1ccccc1N[C@H]2c1ccc(OC)c(Cl)c1. The van der Waals surface area contributed by atoms with E-state index in [1.165, 1.54) is 7.11 Å². The van der Waals surface area contributed by atoms with E-state index in [0.29, 0.717) is 22.8 Å². The van der Waals surface area contributed by atoms with Crippen molar-refractivity contribution >= 4 is 34.7 Å². The zero-order valence-corrected chi connectivity index (χ0v) is 17.7. The summed E-state index contributed by atoms with van der Waals surface area (Å²) in [5, 5.41) is 7.34. The molecule has 2 aromatic rings. The molecule has 30 heavy (non-hydrogen) atoms. The molecule has 0 bridgehead atoms. The number of rotatable bonds is 3. The van der Waals surface area contributed by atoms with E-state index in [1.807, 2.05) is 37.3 Å². The Labute approximate surface area is 180 Å². The van der Waals surface area contributed by atoms with Crippen LogP contribution in [0.15, 0.2) is 53.7 Å². The van der Waals surface area contributed by atoms with Gasteiger partial charge >= 0.3 is 5.97 Å². The fraction of sp³-hybridized carbons (Fsp3) is 0.304. The highest BCUT2D eigenvalue weighted by molar-refractivity contribution is 6.32. The topological polar surface area (TPSA) is 76.7 Å². The van der Waals surface area contributed by atoms with E-state index in [0.717, 1.165) is 22.6 Å². The number of benzene rings is 2. The van der Waals surface area contributed by atoms with Crippen LogP contribution in [0.5, 0.6) is 5.75 Å². The zero-order valence-electron chi connectivity index (χ0n) is 17.0. The summed E-state index contributed by atoms with van der Waals surface area (Å²) >= 11 is 6.38. The first-order valence-electron chi connectivity index (χ1n) is 9.75. The van der Waals surface area contributed by atoms with Gasteiger partial charge in [-0.25, -0.2) is 0 Å². The van der Waals surface area contributed by atoms with Gasteiger partial charge in [0.15, 0.2) is 5.78 Å². The largest absolute Gasteiger partial charge is 0.495 e. The van der Waals surface area contributed by atoms with Gasteiger partial charge in [-0.1, -0.05) is 36.7 Å². The van der Waals surface area contributed by atoms with Gasteiger partial charge in [-0.05, 0) is 42.2 Å². The number of para-hydroxylation sites is 2. The number of ether oxygens (including phenoxy) is 2. The minimum atomic E-state index is -0.838. The van der Waals surface area contributed by atoms with Crippen molar-refractivity contribution in [3.05, 3.63) is 64.3 Å². The Morgan fingerprint density at radius 1 is 1.13 bits per heavy atom. The minimum Gasteiger partial charge on any atom is -0.495 e. The van der Waals surface area contributed by atoms with E-state index in [9.17, 15) is 9.59 Å². The molecule has 0 radical (unpaired) electrons. The molecule has 1 aliphatic carbocycles. The van der Waals surface area contributed by atoms with Crippen molar-refractivity contribution in [2.45, 2.75) is 19.4 Å². The molecule has 4 rings (SSSR count). The van der Waals surface area contributed by atoms with Crippen LogP contribution in [0.3, 0.4) is 0 Å². The lowest BCUT2D eigenvalue weighted by molar-refractivity contribution is -0.151. The van der Waals surface area contributed by atoms with E-state index in [4.69, 9.17) is 21.1 Å². The molecule has 0 fully saturated rings. The van der Waals surface area contributed by atoms with Crippen LogP contribution in [0, 0.1) is 11.8 Å². The highest BCUT2D eigenvalue weighted by Crippen LogP contribution is 2.44. The number of Topliss-reactive ketones (excluding diaryl/α,β-unsaturated/α-hetero) is 1. The van der Waals surface area contributed by atoms with Crippen molar-refractivity contribution in [2.75, 3.05) is 24.9 Å². The lowest BCUT2D eigenvalue weighted by Gasteiger charge is -2.32. The molecule has 2 aliphatic rings. The summed E-state index contributed by atoms with van der Waals surface area (Å²) in [4.78, 5) is 26.0. The Bertz CT molecular complexity index is 1050. The second-order valence-electron chi connectivity index (χ2n) is 7.58. The van der Waals surface area contributed by atoms with Gasteiger partial charge in [0.1, 0.15) is 11.7 Å². The molecule has 1 aliphatic heterocycles. The molecule has 1 heterocycles. The van der Waals surface area contributed by atoms with E-state index >= 15 is 0 Å². The van der Waals surface area contributed by atoms with Gasteiger partial charge in [0.2, 0.25) is 0 Å². The predicted octanol–water partition coefficient (Wildman–Crippen LogP) is 4.58. The molecule has 0 unspecified atom stereocenters. The second-order valence-corrected chi connectivity index (χ2v) is 7.99. The molecule has 0 saturated carbocycles. The lowest BCUT2D eigenvalue weighted by atomic mass is 9.75.